The number of hydrogen-bond donors (Lipinski definition) is 0. The van der Waals surface area contributed by atoms with Gasteiger partial charge in [0.05, 0.1) is 24.1 Å². The SMILES string of the molecule is COc1cc2c(cc1C(=O)CCl)C(=O)CO2. The summed E-state index contributed by atoms with van der Waals surface area (Å²) in [5.41, 5.74) is 0.726. The molecular weight excluding hydrogens is 232 g/mol. The van der Waals surface area contributed by atoms with E-state index < -0.39 is 0 Å². The minimum atomic E-state index is -0.277. The van der Waals surface area contributed by atoms with E-state index in [0.29, 0.717) is 22.6 Å². The number of rotatable bonds is 3. The van der Waals surface area contributed by atoms with Crippen molar-refractivity contribution in [3.05, 3.63) is 23.3 Å². The molecule has 0 radical (unpaired) electrons. The van der Waals surface area contributed by atoms with Crippen molar-refractivity contribution < 1.29 is 19.1 Å². The van der Waals surface area contributed by atoms with Crippen molar-refractivity contribution in [3.8, 4) is 11.5 Å². The van der Waals surface area contributed by atoms with Crippen molar-refractivity contribution in [3.63, 3.8) is 0 Å². The Bertz CT molecular complexity index is 467. The third-order valence-corrected chi connectivity index (χ3v) is 2.63. The Labute approximate surface area is 97.1 Å². The molecule has 1 aromatic carbocycles. The molecule has 1 heterocycles. The van der Waals surface area contributed by atoms with E-state index in [9.17, 15) is 9.59 Å². The first-order chi connectivity index (χ1) is 7.67. The fourth-order valence-electron chi connectivity index (χ4n) is 1.58. The fourth-order valence-corrected chi connectivity index (χ4v) is 1.72. The molecule has 16 heavy (non-hydrogen) atoms. The number of ketones is 2. The van der Waals surface area contributed by atoms with Crippen LogP contribution in [0.3, 0.4) is 0 Å². The molecule has 84 valence electrons. The molecule has 0 spiro atoms. The molecule has 0 bridgehead atoms. The lowest BCUT2D eigenvalue weighted by Crippen LogP contribution is -2.05. The Kier molecular flexibility index (Phi) is 2.83. The van der Waals surface area contributed by atoms with Gasteiger partial charge in [0.2, 0.25) is 5.78 Å². The molecule has 0 saturated heterocycles. The van der Waals surface area contributed by atoms with E-state index in [1.54, 1.807) is 6.07 Å². The largest absolute Gasteiger partial charge is 0.496 e. The highest BCUT2D eigenvalue weighted by Gasteiger charge is 2.25. The number of Topliss-reactive ketones (excluding diaryl/α,β-unsaturated/α-hetero) is 2. The molecule has 0 aliphatic carbocycles. The number of fused-ring (bicyclic) bond motifs is 1. The van der Waals surface area contributed by atoms with Crippen LogP contribution in [0.1, 0.15) is 20.7 Å². The van der Waals surface area contributed by atoms with Gasteiger partial charge in [0.25, 0.3) is 0 Å². The van der Waals surface area contributed by atoms with Gasteiger partial charge in [0.1, 0.15) is 11.5 Å². The number of alkyl halides is 1. The van der Waals surface area contributed by atoms with Crippen LogP contribution in [0.2, 0.25) is 0 Å². The molecule has 2 rings (SSSR count). The molecule has 1 aliphatic rings. The maximum absolute atomic E-state index is 11.5. The zero-order valence-electron chi connectivity index (χ0n) is 8.58. The van der Waals surface area contributed by atoms with Crippen molar-refractivity contribution in [1.29, 1.82) is 0 Å². The summed E-state index contributed by atoms with van der Waals surface area (Å²) in [6.07, 6.45) is 0. The van der Waals surface area contributed by atoms with E-state index in [1.165, 1.54) is 13.2 Å². The van der Waals surface area contributed by atoms with Gasteiger partial charge in [-0.15, -0.1) is 11.6 Å². The lowest BCUT2D eigenvalue weighted by molar-refractivity contribution is 0.0961. The summed E-state index contributed by atoms with van der Waals surface area (Å²) in [6.45, 7) is 0.0109. The first-order valence-electron chi connectivity index (χ1n) is 4.64. The van der Waals surface area contributed by atoms with Crippen LogP contribution in [0.5, 0.6) is 11.5 Å². The quantitative estimate of drug-likeness (QED) is 0.596. The molecule has 0 unspecified atom stereocenters. The Hall–Kier alpha value is -1.55. The highest BCUT2D eigenvalue weighted by Crippen LogP contribution is 2.33. The van der Waals surface area contributed by atoms with Crippen LogP contribution < -0.4 is 9.47 Å². The van der Waals surface area contributed by atoms with Crippen molar-refractivity contribution in [2.75, 3.05) is 19.6 Å². The summed E-state index contributed by atoms with van der Waals surface area (Å²) in [5, 5.41) is 0. The fraction of sp³-hybridized carbons (Fsp3) is 0.273. The normalized spacial score (nSPS) is 13.2. The third kappa shape index (κ3) is 1.65. The second kappa shape index (κ2) is 4.14. The van der Waals surface area contributed by atoms with Gasteiger partial charge in [-0.1, -0.05) is 0 Å². The second-order valence-electron chi connectivity index (χ2n) is 3.32. The van der Waals surface area contributed by atoms with Crippen LogP contribution in [-0.2, 0) is 0 Å². The van der Waals surface area contributed by atoms with Gasteiger partial charge < -0.3 is 9.47 Å². The predicted molar refractivity (Wildman–Crippen MR) is 57.9 cm³/mol. The number of methoxy groups -OCH3 is 1. The highest BCUT2D eigenvalue weighted by molar-refractivity contribution is 6.31. The zero-order valence-corrected chi connectivity index (χ0v) is 9.34. The van der Waals surface area contributed by atoms with Crippen LogP contribution in [0.4, 0.5) is 0 Å². The number of ether oxygens (including phenoxy) is 2. The van der Waals surface area contributed by atoms with Crippen LogP contribution in [0.25, 0.3) is 0 Å². The van der Waals surface area contributed by atoms with Crippen LogP contribution in [0, 0.1) is 0 Å². The predicted octanol–water partition coefficient (Wildman–Crippen LogP) is 1.69. The monoisotopic (exact) mass is 240 g/mol. The van der Waals surface area contributed by atoms with Gasteiger partial charge in [-0.05, 0) is 6.07 Å². The number of hydrogen-bond acceptors (Lipinski definition) is 4. The van der Waals surface area contributed by atoms with Crippen LogP contribution in [0.15, 0.2) is 12.1 Å². The van der Waals surface area contributed by atoms with E-state index in [0.717, 1.165) is 0 Å². The standard InChI is InChI=1S/C11H9ClO4/c1-15-10-3-11-7(9(14)5-16-11)2-6(10)8(13)4-12/h2-3H,4-5H2,1H3. The van der Waals surface area contributed by atoms with E-state index in [-0.39, 0.29) is 24.1 Å². The van der Waals surface area contributed by atoms with Crippen LogP contribution >= 0.6 is 11.6 Å². The van der Waals surface area contributed by atoms with E-state index in [4.69, 9.17) is 21.1 Å². The molecule has 0 saturated carbocycles. The number of carbonyl (C=O) groups excluding carboxylic acids is 2. The smallest absolute Gasteiger partial charge is 0.203 e. The lowest BCUT2D eigenvalue weighted by atomic mass is 10.0. The first-order valence-corrected chi connectivity index (χ1v) is 5.18. The van der Waals surface area contributed by atoms with E-state index >= 15 is 0 Å². The molecule has 0 N–H and O–H groups in total. The summed E-state index contributed by atoms with van der Waals surface area (Å²) in [5.74, 6) is 0.263. The maximum Gasteiger partial charge on any atom is 0.203 e. The van der Waals surface area contributed by atoms with Crippen molar-refractivity contribution >= 4 is 23.2 Å². The van der Waals surface area contributed by atoms with Gasteiger partial charge in [-0.25, -0.2) is 0 Å². The minimum Gasteiger partial charge on any atom is -0.496 e. The van der Waals surface area contributed by atoms with Gasteiger partial charge in [-0.2, -0.15) is 0 Å². The lowest BCUT2D eigenvalue weighted by Gasteiger charge is -2.08. The summed E-state index contributed by atoms with van der Waals surface area (Å²) in [6, 6.07) is 3.02. The highest BCUT2D eigenvalue weighted by atomic mass is 35.5. The topological polar surface area (TPSA) is 52.6 Å². The number of halogens is 1. The molecule has 1 aromatic rings. The maximum atomic E-state index is 11.5. The summed E-state index contributed by atoms with van der Waals surface area (Å²) >= 11 is 5.48. The van der Waals surface area contributed by atoms with E-state index in [2.05, 4.69) is 0 Å². The first kappa shape index (κ1) is 11.0. The molecule has 0 amide bonds. The van der Waals surface area contributed by atoms with Crippen molar-refractivity contribution in [1.82, 2.24) is 0 Å². The summed E-state index contributed by atoms with van der Waals surface area (Å²) < 4.78 is 10.2. The molecule has 1 aliphatic heterocycles. The number of carbonyl (C=O) groups is 2. The average molecular weight is 241 g/mol. The third-order valence-electron chi connectivity index (χ3n) is 2.38. The minimum absolute atomic E-state index is 0.0109. The van der Waals surface area contributed by atoms with Gasteiger partial charge in [-0.3, -0.25) is 9.59 Å². The molecular formula is C11H9ClO4. The average Bonchev–Trinajstić information content (AvgIpc) is 2.68. The Morgan fingerprint density at radius 3 is 2.94 bits per heavy atom. The Balaban J connectivity index is 2.56. The van der Waals surface area contributed by atoms with Gasteiger partial charge in [0, 0.05) is 6.07 Å². The Morgan fingerprint density at radius 2 is 2.31 bits per heavy atom. The molecule has 0 aromatic heterocycles. The summed E-state index contributed by atoms with van der Waals surface area (Å²) in [7, 11) is 1.45. The zero-order chi connectivity index (χ0) is 11.7. The second-order valence-corrected chi connectivity index (χ2v) is 3.58. The summed E-state index contributed by atoms with van der Waals surface area (Å²) in [4.78, 5) is 23.0. The van der Waals surface area contributed by atoms with Crippen molar-refractivity contribution in [2.24, 2.45) is 0 Å². The number of benzene rings is 1. The molecule has 4 nitrogen and oxygen atoms in total. The molecule has 0 fully saturated rings. The van der Waals surface area contributed by atoms with Crippen LogP contribution in [-0.4, -0.2) is 31.2 Å². The van der Waals surface area contributed by atoms with E-state index in [1.807, 2.05) is 0 Å². The molecule has 5 heteroatoms. The van der Waals surface area contributed by atoms with Crippen molar-refractivity contribution in [2.45, 2.75) is 0 Å². The van der Waals surface area contributed by atoms with Gasteiger partial charge in [0.15, 0.2) is 12.4 Å². The van der Waals surface area contributed by atoms with Gasteiger partial charge >= 0.3 is 0 Å². The Morgan fingerprint density at radius 1 is 1.56 bits per heavy atom. The molecule has 0 atom stereocenters.